The van der Waals surface area contributed by atoms with Crippen LogP contribution in [0.25, 0.3) is 98.0 Å². The zero-order valence-corrected chi connectivity index (χ0v) is 40.6. The van der Waals surface area contributed by atoms with Crippen molar-refractivity contribution in [2.24, 2.45) is 0 Å². The third-order valence-electron chi connectivity index (χ3n) is 14.9. The molecular weight excluding hydrogens is 893 g/mol. The standard InChI is InChI=1S/C72H48N2/c1-4-24-56(25-5-1)73(57-26-6-2-7-27-57)59-42-40-51(41-43-59)69-63-32-16-18-34-66(63)72(67-35-19-17-33-64(67)69)74(58-28-8-3-9-29-58)60-44-45-65-68(48-60)71(55-39-37-50-21-11-13-23-53(50)47-55)62-31-15-14-30-61(62)70(65)54-38-36-49-20-10-12-22-52(49)46-54/h1-48H. The first-order valence-corrected chi connectivity index (χ1v) is 25.5. The third kappa shape index (κ3) is 7.35. The average molecular weight is 941 g/mol. The molecule has 2 heteroatoms. The lowest BCUT2D eigenvalue weighted by molar-refractivity contribution is 1.28. The van der Waals surface area contributed by atoms with Crippen LogP contribution in [0.15, 0.2) is 291 Å². The lowest BCUT2D eigenvalue weighted by Gasteiger charge is -2.30. The predicted octanol–water partition coefficient (Wildman–Crippen LogP) is 20.5. The summed E-state index contributed by atoms with van der Waals surface area (Å²) < 4.78 is 0. The number of hydrogen-bond acceptors (Lipinski definition) is 2. The number of anilines is 6. The van der Waals surface area contributed by atoms with E-state index in [1.165, 1.54) is 98.0 Å². The van der Waals surface area contributed by atoms with E-state index in [0.717, 1.165) is 34.1 Å². The van der Waals surface area contributed by atoms with E-state index in [4.69, 9.17) is 0 Å². The van der Waals surface area contributed by atoms with Crippen molar-refractivity contribution in [1.82, 2.24) is 0 Å². The van der Waals surface area contributed by atoms with Crippen LogP contribution >= 0.6 is 0 Å². The molecule has 0 fully saturated rings. The topological polar surface area (TPSA) is 6.48 Å². The van der Waals surface area contributed by atoms with Gasteiger partial charge >= 0.3 is 0 Å². The highest BCUT2D eigenvalue weighted by Gasteiger charge is 2.25. The molecule has 0 spiro atoms. The molecular formula is C72H48N2. The molecule has 14 aromatic rings. The Hall–Kier alpha value is -9.76. The highest BCUT2D eigenvalue weighted by atomic mass is 15.1. The number of nitrogens with zero attached hydrogens (tertiary/aromatic N) is 2. The maximum Gasteiger partial charge on any atom is 0.0618 e. The second kappa shape index (κ2) is 18.1. The van der Waals surface area contributed by atoms with Gasteiger partial charge in [-0.1, -0.05) is 218 Å². The largest absolute Gasteiger partial charge is 0.311 e. The van der Waals surface area contributed by atoms with Gasteiger partial charge in [-0.05, 0) is 160 Å². The summed E-state index contributed by atoms with van der Waals surface area (Å²) in [5, 5.41) is 14.5. The normalized spacial score (nSPS) is 11.5. The number of hydrogen-bond donors (Lipinski definition) is 0. The Bertz CT molecular complexity index is 4320. The van der Waals surface area contributed by atoms with Crippen molar-refractivity contribution >= 4 is 98.8 Å². The summed E-state index contributed by atoms with van der Waals surface area (Å²) in [6.07, 6.45) is 0. The van der Waals surface area contributed by atoms with Gasteiger partial charge in [0, 0.05) is 39.2 Å². The molecule has 0 aliphatic carbocycles. The molecule has 0 heterocycles. The first-order chi connectivity index (χ1) is 36.7. The summed E-state index contributed by atoms with van der Waals surface area (Å²) in [5.41, 5.74) is 13.9. The quantitative estimate of drug-likeness (QED) is 0.133. The van der Waals surface area contributed by atoms with Crippen LogP contribution < -0.4 is 9.80 Å². The van der Waals surface area contributed by atoms with Crippen molar-refractivity contribution in [2.45, 2.75) is 0 Å². The van der Waals surface area contributed by atoms with Crippen molar-refractivity contribution in [2.75, 3.05) is 9.80 Å². The van der Waals surface area contributed by atoms with Crippen LogP contribution in [0, 0.1) is 0 Å². The van der Waals surface area contributed by atoms with E-state index in [-0.39, 0.29) is 0 Å². The van der Waals surface area contributed by atoms with Gasteiger partial charge in [0.15, 0.2) is 0 Å². The summed E-state index contributed by atoms with van der Waals surface area (Å²) in [4.78, 5) is 4.83. The summed E-state index contributed by atoms with van der Waals surface area (Å²) >= 11 is 0. The number of rotatable bonds is 9. The third-order valence-corrected chi connectivity index (χ3v) is 14.9. The predicted molar refractivity (Wildman–Crippen MR) is 317 cm³/mol. The lowest BCUT2D eigenvalue weighted by atomic mass is 9.84. The number of fused-ring (bicyclic) bond motifs is 6. The molecule has 346 valence electrons. The Kier molecular flexibility index (Phi) is 10.6. The Balaban J connectivity index is 1.02. The van der Waals surface area contributed by atoms with Crippen LogP contribution in [0.2, 0.25) is 0 Å². The van der Waals surface area contributed by atoms with E-state index in [2.05, 4.69) is 301 Å². The summed E-state index contributed by atoms with van der Waals surface area (Å²) in [7, 11) is 0. The molecule has 0 aromatic heterocycles. The fourth-order valence-electron chi connectivity index (χ4n) is 11.6. The van der Waals surface area contributed by atoms with Crippen LogP contribution in [-0.2, 0) is 0 Å². The van der Waals surface area contributed by atoms with Gasteiger partial charge in [-0.2, -0.15) is 0 Å². The van der Waals surface area contributed by atoms with E-state index in [1.807, 2.05) is 0 Å². The van der Waals surface area contributed by atoms with Gasteiger partial charge in [0.1, 0.15) is 0 Å². The molecule has 0 atom stereocenters. The first kappa shape index (κ1) is 43.1. The summed E-state index contributed by atoms with van der Waals surface area (Å²) in [5.74, 6) is 0. The SMILES string of the molecule is c1ccc(N(c2ccccc2)c2ccc(-c3c4ccccc4c(N(c4ccccc4)c4ccc5c(-c6ccc7ccccc7c6)c6ccccc6c(-c6ccc7ccccc7c6)c5c4)c4ccccc34)cc2)cc1. The number of para-hydroxylation sites is 3. The molecule has 0 aliphatic heterocycles. The van der Waals surface area contributed by atoms with Crippen molar-refractivity contribution < 1.29 is 0 Å². The van der Waals surface area contributed by atoms with E-state index in [0.29, 0.717) is 0 Å². The molecule has 0 N–H and O–H groups in total. The van der Waals surface area contributed by atoms with Crippen LogP contribution in [0.5, 0.6) is 0 Å². The first-order valence-electron chi connectivity index (χ1n) is 25.5. The molecule has 74 heavy (non-hydrogen) atoms. The Morgan fingerprint density at radius 1 is 0.176 bits per heavy atom. The molecule has 2 nitrogen and oxygen atoms in total. The van der Waals surface area contributed by atoms with E-state index < -0.39 is 0 Å². The average Bonchev–Trinajstić information content (AvgIpc) is 3.51. The van der Waals surface area contributed by atoms with Crippen molar-refractivity contribution in [3.05, 3.63) is 291 Å². The fourth-order valence-corrected chi connectivity index (χ4v) is 11.6. The van der Waals surface area contributed by atoms with Gasteiger partial charge in [0.2, 0.25) is 0 Å². The highest BCUT2D eigenvalue weighted by molar-refractivity contribution is 6.25. The van der Waals surface area contributed by atoms with Crippen LogP contribution in [0.3, 0.4) is 0 Å². The second-order valence-electron chi connectivity index (χ2n) is 19.2. The monoisotopic (exact) mass is 940 g/mol. The Morgan fingerprint density at radius 3 is 0.986 bits per heavy atom. The molecule has 0 unspecified atom stereocenters. The zero-order chi connectivity index (χ0) is 49.0. The maximum atomic E-state index is 2.50. The number of benzene rings is 14. The minimum Gasteiger partial charge on any atom is -0.311 e. The molecule has 0 amide bonds. The smallest absolute Gasteiger partial charge is 0.0618 e. The minimum absolute atomic E-state index is 1.08. The zero-order valence-electron chi connectivity index (χ0n) is 40.6. The van der Waals surface area contributed by atoms with Crippen molar-refractivity contribution in [1.29, 1.82) is 0 Å². The summed E-state index contributed by atoms with van der Waals surface area (Å²) in [6, 6.07) is 107. The molecule has 0 bridgehead atoms. The van der Waals surface area contributed by atoms with Crippen molar-refractivity contribution in [3.8, 4) is 33.4 Å². The molecule has 14 rings (SSSR count). The Morgan fingerprint density at radius 2 is 0.500 bits per heavy atom. The van der Waals surface area contributed by atoms with Gasteiger partial charge in [-0.3, -0.25) is 0 Å². The van der Waals surface area contributed by atoms with E-state index in [9.17, 15) is 0 Å². The van der Waals surface area contributed by atoms with Crippen LogP contribution in [0.1, 0.15) is 0 Å². The molecule has 0 radical (unpaired) electrons. The molecule has 0 aliphatic rings. The van der Waals surface area contributed by atoms with Gasteiger partial charge in [-0.15, -0.1) is 0 Å². The van der Waals surface area contributed by atoms with Crippen LogP contribution in [0.4, 0.5) is 34.1 Å². The van der Waals surface area contributed by atoms with E-state index >= 15 is 0 Å². The van der Waals surface area contributed by atoms with E-state index in [1.54, 1.807) is 0 Å². The van der Waals surface area contributed by atoms with Crippen LogP contribution in [-0.4, -0.2) is 0 Å². The minimum atomic E-state index is 1.08. The second-order valence-corrected chi connectivity index (χ2v) is 19.2. The Labute approximate surface area is 430 Å². The highest BCUT2D eigenvalue weighted by Crippen LogP contribution is 2.51. The lowest BCUT2D eigenvalue weighted by Crippen LogP contribution is -2.11. The fraction of sp³-hybridized carbons (Fsp3) is 0. The van der Waals surface area contributed by atoms with Gasteiger partial charge < -0.3 is 9.80 Å². The molecule has 0 saturated heterocycles. The molecule has 14 aromatic carbocycles. The maximum absolute atomic E-state index is 2.50. The van der Waals surface area contributed by atoms with Gasteiger partial charge in [0.25, 0.3) is 0 Å². The van der Waals surface area contributed by atoms with Gasteiger partial charge in [0.05, 0.1) is 5.69 Å². The van der Waals surface area contributed by atoms with Crippen molar-refractivity contribution in [3.63, 3.8) is 0 Å². The molecule has 0 saturated carbocycles. The summed E-state index contributed by atoms with van der Waals surface area (Å²) in [6.45, 7) is 0. The van der Waals surface area contributed by atoms with Gasteiger partial charge in [-0.25, -0.2) is 0 Å².